The number of aryl methyl sites for hydroxylation is 2. The number of anilines is 1. The lowest BCUT2D eigenvalue weighted by atomic mass is 9.72. The molecule has 4 rings (SSSR count). The van der Waals surface area contributed by atoms with Crippen molar-refractivity contribution in [3.63, 3.8) is 0 Å². The van der Waals surface area contributed by atoms with Crippen LogP contribution in [0.15, 0.2) is 84.0 Å². The first-order valence-electron chi connectivity index (χ1n) is 23.9. The van der Waals surface area contributed by atoms with Crippen LogP contribution >= 0.6 is 0 Å². The summed E-state index contributed by atoms with van der Waals surface area (Å²) >= 11 is 0. The van der Waals surface area contributed by atoms with Crippen LogP contribution in [0.25, 0.3) is 6.08 Å². The third kappa shape index (κ3) is 17.7. The van der Waals surface area contributed by atoms with Gasteiger partial charge in [-0.15, -0.1) is 0 Å². The van der Waals surface area contributed by atoms with Crippen molar-refractivity contribution in [1.82, 2.24) is 0 Å². The summed E-state index contributed by atoms with van der Waals surface area (Å²) in [5.74, 6) is 0. The zero-order chi connectivity index (χ0) is 40.8. The van der Waals surface area contributed by atoms with Crippen LogP contribution in [0.1, 0.15) is 224 Å². The average Bonchev–Trinajstić information content (AvgIpc) is 3.63. The lowest BCUT2D eigenvalue weighted by Gasteiger charge is -2.33. The minimum atomic E-state index is 0.116. The fourth-order valence-corrected chi connectivity index (χ4v) is 9.15. The van der Waals surface area contributed by atoms with E-state index in [9.17, 15) is 0 Å². The van der Waals surface area contributed by atoms with Gasteiger partial charge in [0.2, 0.25) is 0 Å². The van der Waals surface area contributed by atoms with E-state index >= 15 is 0 Å². The Morgan fingerprint density at radius 1 is 0.526 bits per heavy atom. The summed E-state index contributed by atoms with van der Waals surface area (Å²) in [6, 6.07) is 28.2. The first kappa shape index (κ1) is 46.6. The van der Waals surface area contributed by atoms with Crippen molar-refractivity contribution in [2.45, 2.75) is 214 Å². The Morgan fingerprint density at radius 2 is 0.965 bits per heavy atom. The fraction of sp³-hybridized carbons (Fsp3) is 0.618. The normalized spacial score (nSPS) is 14.9. The minimum Gasteiger partial charge on any atom is -0.257 e. The van der Waals surface area contributed by atoms with Crippen molar-refractivity contribution in [3.8, 4) is 0 Å². The summed E-state index contributed by atoms with van der Waals surface area (Å²) in [6.45, 7) is 16.4. The summed E-state index contributed by atoms with van der Waals surface area (Å²) in [4.78, 5) is 0. The Bertz CT molecular complexity index is 1550. The molecule has 2 nitrogen and oxygen atoms in total. The van der Waals surface area contributed by atoms with Gasteiger partial charge < -0.3 is 0 Å². The predicted molar refractivity (Wildman–Crippen MR) is 254 cm³/mol. The largest absolute Gasteiger partial charge is 0.257 e. The Hall–Kier alpha value is -3.13. The van der Waals surface area contributed by atoms with Crippen LogP contribution < -0.4 is 5.01 Å². The molecular weight excluding hydrogens is 689 g/mol. The van der Waals surface area contributed by atoms with Gasteiger partial charge in [0.05, 0.1) is 17.4 Å². The first-order valence-corrected chi connectivity index (χ1v) is 23.9. The van der Waals surface area contributed by atoms with Gasteiger partial charge in [0.25, 0.3) is 0 Å². The third-order valence-electron chi connectivity index (χ3n) is 12.3. The third-order valence-corrected chi connectivity index (χ3v) is 12.3. The molecule has 1 aliphatic rings. The Balaban J connectivity index is 1.34. The van der Waals surface area contributed by atoms with Crippen LogP contribution in [0.3, 0.4) is 0 Å². The Morgan fingerprint density at radius 3 is 1.42 bits per heavy atom. The van der Waals surface area contributed by atoms with Crippen molar-refractivity contribution >= 4 is 17.5 Å². The van der Waals surface area contributed by atoms with Gasteiger partial charge in [0, 0.05) is 6.42 Å². The van der Waals surface area contributed by atoms with Crippen LogP contribution in [0.2, 0.25) is 0 Å². The number of nitrogens with zero attached hydrogens (tertiary/aromatic N) is 2. The molecule has 1 heterocycles. The number of unbranched alkanes of at least 4 members (excludes halogenated alkanes) is 18. The van der Waals surface area contributed by atoms with Crippen molar-refractivity contribution in [3.05, 3.63) is 107 Å². The average molecular weight is 773 g/mol. The zero-order valence-electron chi connectivity index (χ0n) is 38.0. The molecule has 0 aromatic heterocycles. The maximum atomic E-state index is 5.28. The molecule has 314 valence electrons. The molecule has 1 unspecified atom stereocenters. The number of allylic oxidation sites excluding steroid dienone is 1. The van der Waals surface area contributed by atoms with E-state index in [0.717, 1.165) is 18.6 Å². The summed E-state index contributed by atoms with van der Waals surface area (Å²) in [7, 11) is 0. The van der Waals surface area contributed by atoms with Gasteiger partial charge in [-0.05, 0) is 89.0 Å². The molecule has 57 heavy (non-hydrogen) atoms. The number of hydrogen-bond donors (Lipinski definition) is 0. The molecule has 3 aromatic rings. The molecule has 0 spiro atoms. The molecule has 0 saturated carbocycles. The lowest BCUT2D eigenvalue weighted by molar-refractivity contribution is 0.284. The molecule has 0 aliphatic carbocycles. The number of hydrazone groups is 1. The van der Waals surface area contributed by atoms with Crippen LogP contribution in [-0.4, -0.2) is 5.71 Å². The highest BCUT2D eigenvalue weighted by Gasteiger charge is 2.30. The van der Waals surface area contributed by atoms with Gasteiger partial charge in [0.15, 0.2) is 0 Å². The van der Waals surface area contributed by atoms with E-state index < -0.39 is 0 Å². The monoisotopic (exact) mass is 773 g/mol. The van der Waals surface area contributed by atoms with Crippen molar-refractivity contribution in [1.29, 1.82) is 0 Å². The van der Waals surface area contributed by atoms with E-state index in [1.54, 1.807) is 0 Å². The highest BCUT2D eigenvalue weighted by Crippen LogP contribution is 2.39. The Kier molecular flexibility index (Phi) is 20.7. The zero-order valence-corrected chi connectivity index (χ0v) is 38.0. The van der Waals surface area contributed by atoms with Gasteiger partial charge in [-0.3, -0.25) is 5.01 Å². The van der Waals surface area contributed by atoms with E-state index in [4.69, 9.17) is 5.10 Å². The van der Waals surface area contributed by atoms with Crippen molar-refractivity contribution in [2.24, 2.45) is 10.5 Å². The van der Waals surface area contributed by atoms with Gasteiger partial charge in [0.1, 0.15) is 0 Å². The topological polar surface area (TPSA) is 15.6 Å². The van der Waals surface area contributed by atoms with Gasteiger partial charge >= 0.3 is 0 Å². The van der Waals surface area contributed by atoms with Gasteiger partial charge in [-0.1, -0.05) is 231 Å². The van der Waals surface area contributed by atoms with Crippen LogP contribution in [0, 0.1) is 5.41 Å². The molecule has 1 atom stereocenters. The molecule has 0 bridgehead atoms. The summed E-state index contributed by atoms with van der Waals surface area (Å²) in [5, 5.41) is 7.57. The van der Waals surface area contributed by atoms with Gasteiger partial charge in [-0.2, -0.15) is 5.10 Å². The van der Waals surface area contributed by atoms with Gasteiger partial charge in [-0.25, -0.2) is 0 Å². The standard InChI is InChI=1S/C55H84N2/c1-8-10-12-14-16-18-20-22-24-26-28-46-30-32-48(33-31-46)36-41-51-44-53(57(56-51)52-42-39-50(40-43-52)55(6,7)45-54(3,4)5)49-37-34-47(35-38-49)29-27-25-23-21-19-17-15-13-11-9-2/h30-43,53H,8-29,44-45H2,1-7H3. The van der Waals surface area contributed by atoms with E-state index in [0.29, 0.717) is 0 Å². The second-order valence-corrected chi connectivity index (χ2v) is 19.5. The summed E-state index contributed by atoms with van der Waals surface area (Å²) in [5.41, 5.74) is 9.63. The molecule has 0 radical (unpaired) electrons. The lowest BCUT2D eigenvalue weighted by Crippen LogP contribution is -2.25. The quantitative estimate of drug-likeness (QED) is 0.0671. The molecule has 0 N–H and O–H groups in total. The summed E-state index contributed by atoms with van der Waals surface area (Å²) < 4.78 is 0. The molecule has 0 amide bonds. The van der Waals surface area contributed by atoms with E-state index in [1.165, 1.54) is 175 Å². The highest BCUT2D eigenvalue weighted by molar-refractivity contribution is 6.01. The second-order valence-electron chi connectivity index (χ2n) is 19.5. The van der Waals surface area contributed by atoms with E-state index in [1.807, 2.05) is 0 Å². The Labute approximate surface area is 352 Å². The number of benzene rings is 3. The van der Waals surface area contributed by atoms with Crippen molar-refractivity contribution < 1.29 is 0 Å². The van der Waals surface area contributed by atoms with Crippen LogP contribution in [0.4, 0.5) is 5.69 Å². The number of rotatable bonds is 28. The summed E-state index contributed by atoms with van der Waals surface area (Å²) in [6.07, 6.45) is 36.7. The second kappa shape index (κ2) is 25.4. The SMILES string of the molecule is CCCCCCCCCCCCc1ccc(C=CC2=NN(c3ccc(C(C)(C)CC(C)(C)C)cc3)C(c3ccc(CCCCCCCCCCCC)cc3)C2)cc1. The maximum Gasteiger partial charge on any atom is 0.0831 e. The minimum absolute atomic E-state index is 0.116. The maximum absolute atomic E-state index is 5.28. The highest BCUT2D eigenvalue weighted by atomic mass is 15.5. The van der Waals surface area contributed by atoms with Crippen LogP contribution in [0.5, 0.6) is 0 Å². The fourth-order valence-electron chi connectivity index (χ4n) is 9.15. The first-order chi connectivity index (χ1) is 27.6. The predicted octanol–water partition coefficient (Wildman–Crippen LogP) is 17.3. The molecule has 3 aromatic carbocycles. The van der Waals surface area contributed by atoms with E-state index in [2.05, 4.69) is 138 Å². The van der Waals surface area contributed by atoms with E-state index in [-0.39, 0.29) is 16.9 Å². The molecule has 0 saturated heterocycles. The molecular formula is C55H84N2. The molecule has 1 aliphatic heterocycles. The van der Waals surface area contributed by atoms with Crippen LogP contribution in [-0.2, 0) is 18.3 Å². The van der Waals surface area contributed by atoms with Crippen molar-refractivity contribution in [2.75, 3.05) is 5.01 Å². The molecule has 0 fully saturated rings. The number of hydrogen-bond acceptors (Lipinski definition) is 2. The molecule has 2 heteroatoms. The smallest absolute Gasteiger partial charge is 0.0831 e.